The van der Waals surface area contributed by atoms with E-state index in [9.17, 15) is 0 Å². The first-order chi connectivity index (χ1) is 10.9. The summed E-state index contributed by atoms with van der Waals surface area (Å²) in [6.07, 6.45) is 0.944. The molecule has 0 saturated heterocycles. The molecule has 1 aromatic rings. The number of nitrogens with two attached hydrogens (primary N) is 1. The van der Waals surface area contributed by atoms with E-state index in [2.05, 4.69) is 42.4 Å². The number of rotatable bonds is 2. The Morgan fingerprint density at radius 1 is 1.35 bits per heavy atom. The molecule has 6 nitrogen and oxygen atoms in total. The van der Waals surface area contributed by atoms with E-state index in [1.54, 1.807) is 11.3 Å². The van der Waals surface area contributed by atoms with Crippen molar-refractivity contribution in [2.24, 2.45) is 0 Å². The molecule has 1 aliphatic carbocycles. The molecule has 0 radical (unpaired) electrons. The summed E-state index contributed by atoms with van der Waals surface area (Å²) in [5.74, 6) is 0. The zero-order valence-corrected chi connectivity index (χ0v) is 14.2. The van der Waals surface area contributed by atoms with Gasteiger partial charge in [0.1, 0.15) is 0 Å². The van der Waals surface area contributed by atoms with Gasteiger partial charge in [0.15, 0.2) is 0 Å². The van der Waals surface area contributed by atoms with E-state index >= 15 is 0 Å². The summed E-state index contributed by atoms with van der Waals surface area (Å²) in [5, 5.41) is 15.4. The normalized spacial score (nSPS) is 12.0. The van der Waals surface area contributed by atoms with Crippen LogP contribution in [-0.2, 0) is 22.1 Å². The predicted molar refractivity (Wildman–Crippen MR) is 85.4 cm³/mol. The Morgan fingerprint density at radius 3 is 2.65 bits per heavy atom. The summed E-state index contributed by atoms with van der Waals surface area (Å²) in [6.45, 7) is 4.22. The molecule has 0 spiro atoms. The minimum absolute atomic E-state index is 0.870. The predicted octanol–water partition coefficient (Wildman–Crippen LogP) is 0.00412. The fraction of sp³-hybridized carbons (Fsp3) is 0.200. The third-order valence-electron chi connectivity index (χ3n) is 3.23. The van der Waals surface area contributed by atoms with Crippen molar-refractivity contribution in [2.45, 2.75) is 20.3 Å². The fourth-order valence-electron chi connectivity index (χ4n) is 2.15. The van der Waals surface area contributed by atoms with Crippen LogP contribution in [0.5, 0.6) is 0 Å². The van der Waals surface area contributed by atoms with Crippen LogP contribution in [0.1, 0.15) is 18.1 Å². The number of fused-ring (bicyclic) bond motifs is 2. The molecule has 1 unspecified atom stereocenters. The summed E-state index contributed by atoms with van der Waals surface area (Å²) in [7, 11) is 0. The molecule has 122 valence electrons. The quantitative estimate of drug-likeness (QED) is 0.302. The van der Waals surface area contributed by atoms with Gasteiger partial charge < -0.3 is 14.1 Å². The van der Waals surface area contributed by atoms with E-state index < -0.39 is 11.4 Å². The lowest BCUT2D eigenvalue weighted by Crippen LogP contribution is -2.46. The molecule has 0 fully saturated rings. The number of benzene rings is 2. The lowest BCUT2D eigenvalue weighted by molar-refractivity contribution is -0.635. The second-order valence-electron chi connectivity index (χ2n) is 4.83. The Kier molecular flexibility index (Phi) is 5.91. The van der Waals surface area contributed by atoms with Crippen LogP contribution in [-0.4, -0.2) is 13.7 Å². The van der Waals surface area contributed by atoms with E-state index in [4.69, 9.17) is 24.4 Å². The van der Waals surface area contributed by atoms with Gasteiger partial charge in [-0.15, -0.1) is 11.3 Å². The highest BCUT2D eigenvalue weighted by Crippen LogP contribution is 2.30. The molecular weight excluding hydrogens is 336 g/mol. The average molecular weight is 351 g/mol. The minimum Gasteiger partial charge on any atom is -0.750 e. The van der Waals surface area contributed by atoms with E-state index in [1.165, 1.54) is 15.8 Å². The SMILES string of the molecule is CCc1cc2nc3ccc(C)cc3sc-2cc1=[NH2+].O=S([O-])O[O-]. The van der Waals surface area contributed by atoms with Crippen molar-refractivity contribution in [2.75, 3.05) is 0 Å². The number of nitrogens with zero attached hydrogens (tertiary/aromatic N) is 1. The van der Waals surface area contributed by atoms with Crippen LogP contribution in [0.15, 0.2) is 30.3 Å². The van der Waals surface area contributed by atoms with Crippen LogP contribution in [0.4, 0.5) is 0 Å². The number of aryl methyl sites for hydroxylation is 2. The smallest absolute Gasteiger partial charge is 0.201 e. The van der Waals surface area contributed by atoms with Crippen LogP contribution < -0.4 is 16.0 Å². The Morgan fingerprint density at radius 2 is 2.04 bits per heavy atom. The first kappa shape index (κ1) is 17.6. The van der Waals surface area contributed by atoms with Gasteiger partial charge in [-0.1, -0.05) is 13.0 Å². The molecule has 3 rings (SSSR count). The molecule has 0 bridgehead atoms. The van der Waals surface area contributed by atoms with Crippen molar-refractivity contribution >= 4 is 32.9 Å². The number of aromatic nitrogens is 1. The molecule has 23 heavy (non-hydrogen) atoms. The molecule has 0 aromatic heterocycles. The summed E-state index contributed by atoms with van der Waals surface area (Å²) in [6, 6.07) is 10.5. The maximum Gasteiger partial charge on any atom is 0.201 e. The highest BCUT2D eigenvalue weighted by molar-refractivity contribution is 7.73. The average Bonchev–Trinajstić information content (AvgIpc) is 2.53. The number of hydrogen-bond donors (Lipinski definition) is 1. The Balaban J connectivity index is 0.000000338. The monoisotopic (exact) mass is 351 g/mol. The lowest BCUT2D eigenvalue weighted by atomic mass is 10.1. The summed E-state index contributed by atoms with van der Waals surface area (Å²) in [5.41, 5.74) is 4.54. The van der Waals surface area contributed by atoms with Gasteiger partial charge in [-0.2, -0.15) is 0 Å². The fourth-order valence-corrected chi connectivity index (χ4v) is 3.24. The summed E-state index contributed by atoms with van der Waals surface area (Å²) in [4.78, 5) is 5.88. The molecule has 1 atom stereocenters. The molecule has 2 aliphatic rings. The van der Waals surface area contributed by atoms with Gasteiger partial charge in [0, 0.05) is 11.6 Å². The van der Waals surface area contributed by atoms with E-state index in [0.29, 0.717) is 0 Å². The lowest BCUT2D eigenvalue weighted by Gasteiger charge is -2.07. The van der Waals surface area contributed by atoms with Crippen LogP contribution >= 0.6 is 11.3 Å². The number of hydrogen-bond acceptors (Lipinski definition) is 6. The zero-order chi connectivity index (χ0) is 17.0. The second kappa shape index (κ2) is 7.71. The van der Waals surface area contributed by atoms with E-state index in [1.807, 2.05) is 6.07 Å². The first-order valence-corrected chi connectivity index (χ1v) is 8.58. The van der Waals surface area contributed by atoms with Gasteiger partial charge in [-0.25, -0.2) is 9.19 Å². The molecule has 0 amide bonds. The Labute approximate surface area is 139 Å². The van der Waals surface area contributed by atoms with Gasteiger partial charge in [0.25, 0.3) is 0 Å². The third-order valence-corrected chi connectivity index (χ3v) is 4.44. The third kappa shape index (κ3) is 4.40. The van der Waals surface area contributed by atoms with Crippen molar-refractivity contribution in [3.8, 4) is 10.6 Å². The van der Waals surface area contributed by atoms with Crippen molar-refractivity contribution in [1.29, 1.82) is 0 Å². The minimum atomic E-state index is -2.88. The molecule has 2 N–H and O–H groups in total. The highest BCUT2D eigenvalue weighted by Gasteiger charge is 2.11. The van der Waals surface area contributed by atoms with Gasteiger partial charge in [0.2, 0.25) is 5.36 Å². The van der Waals surface area contributed by atoms with Crippen LogP contribution in [0.2, 0.25) is 0 Å². The standard InChI is InChI=1S/C15H14N2S.H2O4S/c1-3-10-7-13-15(8-11(10)16)18-14-6-9(2)4-5-12(14)17-13;1-4-5(2)3/h4-8,16H,3H2,1-2H3;1H,(H,2,3)/p-1. The topological polar surface area (TPSA) is 111 Å². The molecular formula is C15H15N2O4S2-. The van der Waals surface area contributed by atoms with Gasteiger partial charge in [-0.3, -0.25) is 5.41 Å². The summed E-state index contributed by atoms with van der Waals surface area (Å²) >= 11 is -1.12. The van der Waals surface area contributed by atoms with E-state index in [-0.39, 0.29) is 0 Å². The zero-order valence-electron chi connectivity index (χ0n) is 12.6. The molecule has 8 heteroatoms. The van der Waals surface area contributed by atoms with Crippen LogP contribution in [0.3, 0.4) is 0 Å². The summed E-state index contributed by atoms with van der Waals surface area (Å²) < 4.78 is 21.3. The maximum atomic E-state index is 8.83. The molecule has 1 heterocycles. The van der Waals surface area contributed by atoms with Gasteiger partial charge >= 0.3 is 0 Å². The van der Waals surface area contributed by atoms with Crippen LogP contribution in [0.25, 0.3) is 20.8 Å². The molecule has 1 aromatic carbocycles. The van der Waals surface area contributed by atoms with Crippen molar-refractivity contribution in [3.63, 3.8) is 0 Å². The largest absolute Gasteiger partial charge is 0.750 e. The molecule has 1 aliphatic heterocycles. The van der Waals surface area contributed by atoms with Crippen molar-refractivity contribution in [1.82, 2.24) is 4.98 Å². The van der Waals surface area contributed by atoms with Gasteiger partial charge in [0.05, 0.1) is 32.1 Å². The van der Waals surface area contributed by atoms with E-state index in [0.717, 1.165) is 27.9 Å². The maximum absolute atomic E-state index is 8.83. The Bertz CT molecular complexity index is 879. The van der Waals surface area contributed by atoms with Crippen molar-refractivity contribution < 1.29 is 23.8 Å². The van der Waals surface area contributed by atoms with Crippen LogP contribution in [0, 0.1) is 6.92 Å². The molecule has 0 saturated carbocycles. The van der Waals surface area contributed by atoms with Crippen molar-refractivity contribution in [3.05, 3.63) is 46.8 Å². The second-order valence-corrected chi connectivity index (χ2v) is 6.46. The van der Waals surface area contributed by atoms with Gasteiger partial charge in [-0.05, 0) is 37.1 Å². The highest BCUT2D eigenvalue weighted by atomic mass is 32.2. The Hall–Kier alpha value is -1.71. The first-order valence-electron chi connectivity index (χ1n) is 6.76.